The Morgan fingerprint density at radius 1 is 0.324 bits per heavy atom. The SMILES string of the molecule is NCCCCC(C(=O)NCCCCCCOC1O[C@H](CO)[C@@H](O[C@@H]2O[C@H](CO)[C@H](O)[C@H](O)[C@H]2O)[C@H](O)[C@H]1O)N(CC(=O)NCCCCCCOC1O[C@H](CO)[C@@H](O[C@@H]2O[C@H](CO)[C@H](O)[C@H](O)[C@H]2O)[C@H](O)[C@H]1O)CC(=O)NCCCCCCOC1O[C@H](CO)[C@@H](O[C@@H]2O[C@H](CO)[C@H](O)[C@H](O)[C@H]2O)[C@H](O)[C@H]1O. The number of hydrogen-bond donors (Lipinski definition) is 25. The van der Waals surface area contributed by atoms with E-state index in [4.69, 9.17) is 62.6 Å². The molecule has 0 bridgehead atoms. The van der Waals surface area contributed by atoms with E-state index in [1.807, 2.05) is 0 Å². The second kappa shape index (κ2) is 46.7. The summed E-state index contributed by atoms with van der Waals surface area (Å²) < 4.78 is 67.0. The van der Waals surface area contributed by atoms with Crippen molar-refractivity contribution in [2.24, 2.45) is 5.73 Å². The molecule has 31 atom stereocenters. The molecule has 105 heavy (non-hydrogen) atoms. The Kier molecular flexibility index (Phi) is 40.5. The van der Waals surface area contributed by atoms with Gasteiger partial charge in [0.2, 0.25) is 17.7 Å². The van der Waals surface area contributed by atoms with Crippen molar-refractivity contribution in [1.29, 1.82) is 0 Å². The maximum atomic E-state index is 14.2. The van der Waals surface area contributed by atoms with Crippen molar-refractivity contribution in [3.63, 3.8) is 0 Å². The predicted molar refractivity (Wildman–Crippen MR) is 350 cm³/mol. The van der Waals surface area contributed by atoms with Gasteiger partial charge in [0.1, 0.15) is 146 Å². The summed E-state index contributed by atoms with van der Waals surface area (Å²) in [6.45, 7) is -4.20. The molecule has 41 nitrogen and oxygen atoms in total. The predicted octanol–water partition coefficient (Wildman–Crippen LogP) is -12.3. The van der Waals surface area contributed by atoms with Crippen LogP contribution in [0.1, 0.15) is 96.3 Å². The van der Waals surface area contributed by atoms with Gasteiger partial charge in [-0.2, -0.15) is 0 Å². The molecule has 614 valence electrons. The summed E-state index contributed by atoms with van der Waals surface area (Å²) in [6.07, 6.45) is -40.7. The van der Waals surface area contributed by atoms with E-state index in [9.17, 15) is 122 Å². The summed E-state index contributed by atoms with van der Waals surface area (Å²) in [5.74, 6) is -1.41. The van der Waals surface area contributed by atoms with Crippen molar-refractivity contribution in [3.05, 3.63) is 0 Å². The number of ether oxygens (including phenoxy) is 12. The van der Waals surface area contributed by atoms with Gasteiger partial charge in [0.15, 0.2) is 37.7 Å². The van der Waals surface area contributed by atoms with Gasteiger partial charge in [-0.05, 0) is 57.9 Å². The molecule has 6 aliphatic heterocycles. The van der Waals surface area contributed by atoms with Crippen LogP contribution >= 0.6 is 0 Å². The molecule has 6 heterocycles. The molecule has 0 aromatic heterocycles. The lowest BCUT2D eigenvalue weighted by Gasteiger charge is -2.45. The van der Waals surface area contributed by atoms with Crippen molar-refractivity contribution < 1.29 is 178 Å². The molecular weight excluding hydrogens is 1410 g/mol. The van der Waals surface area contributed by atoms with Crippen LogP contribution in [0.4, 0.5) is 0 Å². The van der Waals surface area contributed by atoms with Crippen LogP contribution in [0.2, 0.25) is 0 Å². The van der Waals surface area contributed by atoms with E-state index in [0.29, 0.717) is 96.4 Å². The Morgan fingerprint density at radius 3 is 0.895 bits per heavy atom. The molecule has 0 aromatic rings. The summed E-state index contributed by atoms with van der Waals surface area (Å²) >= 11 is 0. The van der Waals surface area contributed by atoms with E-state index in [1.165, 1.54) is 4.90 Å². The van der Waals surface area contributed by atoms with Crippen LogP contribution in [-0.2, 0) is 71.2 Å². The first-order chi connectivity index (χ1) is 50.3. The summed E-state index contributed by atoms with van der Waals surface area (Å²) in [6, 6.07) is -0.966. The standard InChI is InChI=1S/C64H117N5O36/c65-16-8-7-15-31(58(93)68-19-11-3-6-14-22-96-61-54(92)48(86)57(37(30-75)102-61)105-64-51(89)45(83)42(80)34(27-72)99-64)69(23-38(76)66-17-9-1-4-12-20-94-59-52(90)46(84)55(35(28-73)100-59)103-62-49(87)43(81)40(78)32(25-70)97-62)24-39(77)67-18-10-2-5-13-21-95-60-53(91)47(85)56(36(29-74)101-60)104-63-50(88)44(82)41(79)33(26-71)98-63/h31-37,40-57,59-64,70-75,78-92H,1-30,65H2,(H,66,76)(H,67,77)(H,68,93)/t31?,32-,33-,34-,35-,36-,37-,40+,41+,42+,43+,44+,45+,46-,47-,48-,49-,50-,51-,52-,53-,54-,55-,56-,57-,59?,60?,61?,62+,63+,64+/m1/s1. The first kappa shape index (κ1) is 90.9. The van der Waals surface area contributed by atoms with Crippen molar-refractivity contribution in [3.8, 4) is 0 Å². The average molecular weight is 1530 g/mol. The molecule has 6 rings (SSSR count). The Bertz CT molecular complexity index is 2320. The molecule has 0 saturated carbocycles. The largest absolute Gasteiger partial charge is 0.394 e. The third-order valence-electron chi connectivity index (χ3n) is 19.3. The van der Waals surface area contributed by atoms with E-state index in [2.05, 4.69) is 16.0 Å². The lowest BCUT2D eigenvalue weighted by atomic mass is 9.97. The van der Waals surface area contributed by atoms with Crippen LogP contribution in [0.3, 0.4) is 0 Å². The Morgan fingerprint density at radius 2 is 0.600 bits per heavy atom. The highest BCUT2D eigenvalue weighted by Gasteiger charge is 2.55. The Labute approximate surface area is 606 Å². The molecular formula is C64H117N5O36. The zero-order valence-electron chi connectivity index (χ0n) is 58.7. The fourth-order valence-corrected chi connectivity index (χ4v) is 12.9. The summed E-state index contributed by atoms with van der Waals surface area (Å²) in [5, 5.41) is 225. The molecule has 6 saturated heterocycles. The van der Waals surface area contributed by atoms with E-state index >= 15 is 0 Å². The second-order valence-electron chi connectivity index (χ2n) is 27.1. The number of hydrogen-bond acceptors (Lipinski definition) is 38. The van der Waals surface area contributed by atoms with E-state index in [0.717, 1.165) is 0 Å². The highest BCUT2D eigenvalue weighted by Crippen LogP contribution is 2.34. The van der Waals surface area contributed by atoms with Crippen LogP contribution in [0.25, 0.3) is 0 Å². The number of nitrogens with zero attached hydrogens (tertiary/aromatic N) is 1. The maximum Gasteiger partial charge on any atom is 0.237 e. The molecule has 0 radical (unpaired) electrons. The minimum atomic E-state index is -1.83. The van der Waals surface area contributed by atoms with E-state index in [-0.39, 0.29) is 59.0 Å². The van der Waals surface area contributed by atoms with Gasteiger partial charge in [0.25, 0.3) is 0 Å². The van der Waals surface area contributed by atoms with E-state index in [1.54, 1.807) is 0 Å². The summed E-state index contributed by atoms with van der Waals surface area (Å²) in [5.41, 5.74) is 5.85. The molecule has 0 spiro atoms. The Balaban J connectivity index is 0.952. The monoisotopic (exact) mass is 1530 g/mol. The average Bonchev–Trinajstić information content (AvgIpc) is 0.796. The first-order valence-electron chi connectivity index (χ1n) is 36.2. The van der Waals surface area contributed by atoms with Crippen molar-refractivity contribution in [2.45, 2.75) is 287 Å². The zero-order chi connectivity index (χ0) is 77.0. The number of rotatable bonds is 46. The lowest BCUT2D eigenvalue weighted by molar-refractivity contribution is -0.359. The van der Waals surface area contributed by atoms with Gasteiger partial charge in [-0.1, -0.05) is 44.9 Å². The molecule has 6 aliphatic rings. The lowest BCUT2D eigenvalue weighted by Crippen LogP contribution is -2.64. The van der Waals surface area contributed by atoms with Gasteiger partial charge >= 0.3 is 0 Å². The molecule has 6 fully saturated rings. The molecule has 41 heteroatoms. The van der Waals surface area contributed by atoms with Gasteiger partial charge in [-0.25, -0.2) is 0 Å². The van der Waals surface area contributed by atoms with Crippen LogP contribution in [0.5, 0.6) is 0 Å². The number of carbonyl (C=O) groups is 3. The Hall–Kier alpha value is -2.99. The summed E-state index contributed by atoms with van der Waals surface area (Å²) in [7, 11) is 0. The number of aliphatic hydroxyl groups excluding tert-OH is 21. The minimum absolute atomic E-state index is 0.0245. The smallest absolute Gasteiger partial charge is 0.237 e. The van der Waals surface area contributed by atoms with Crippen LogP contribution < -0.4 is 21.7 Å². The topological polar surface area (TPSA) is 652 Å². The number of nitrogens with one attached hydrogen (secondary N) is 3. The molecule has 0 aliphatic carbocycles. The molecule has 3 amide bonds. The highest BCUT2D eigenvalue weighted by molar-refractivity contribution is 5.86. The summed E-state index contributed by atoms with van der Waals surface area (Å²) in [4.78, 5) is 43.1. The van der Waals surface area contributed by atoms with Gasteiger partial charge in [-0.15, -0.1) is 0 Å². The molecule has 26 N–H and O–H groups in total. The zero-order valence-corrected chi connectivity index (χ0v) is 58.7. The van der Waals surface area contributed by atoms with Crippen LogP contribution in [-0.4, -0.2) is 419 Å². The van der Waals surface area contributed by atoms with Crippen molar-refractivity contribution in [2.75, 3.05) is 98.7 Å². The van der Waals surface area contributed by atoms with Crippen molar-refractivity contribution >= 4 is 17.7 Å². The number of nitrogens with two attached hydrogens (primary N) is 1. The van der Waals surface area contributed by atoms with Gasteiger partial charge in [-0.3, -0.25) is 19.3 Å². The normalized spacial score (nSPS) is 38.5. The quantitative estimate of drug-likeness (QED) is 0.0252. The number of carbonyl (C=O) groups excluding carboxylic acids is 3. The van der Waals surface area contributed by atoms with Crippen LogP contribution in [0, 0.1) is 0 Å². The molecule has 0 aromatic carbocycles. The number of aliphatic hydroxyl groups is 21. The fraction of sp³-hybridized carbons (Fsp3) is 0.953. The minimum Gasteiger partial charge on any atom is -0.394 e. The third kappa shape index (κ3) is 26.0. The maximum absolute atomic E-state index is 14.2. The van der Waals surface area contributed by atoms with Crippen LogP contribution in [0.15, 0.2) is 0 Å². The first-order valence-corrected chi connectivity index (χ1v) is 36.2. The second-order valence-corrected chi connectivity index (χ2v) is 27.1. The van der Waals surface area contributed by atoms with Gasteiger partial charge in [0.05, 0.1) is 58.8 Å². The van der Waals surface area contributed by atoms with Crippen molar-refractivity contribution in [1.82, 2.24) is 20.9 Å². The van der Waals surface area contributed by atoms with Gasteiger partial charge < -0.3 is 186 Å². The fourth-order valence-electron chi connectivity index (χ4n) is 12.9. The number of unbranched alkanes of at least 4 members (excludes halogenated alkanes) is 10. The highest BCUT2D eigenvalue weighted by atomic mass is 16.8. The number of amides is 3. The molecule has 4 unspecified atom stereocenters. The van der Waals surface area contributed by atoms with E-state index < -0.39 is 248 Å². The third-order valence-corrected chi connectivity index (χ3v) is 19.3. The van der Waals surface area contributed by atoms with Gasteiger partial charge in [0, 0.05) is 39.5 Å².